The summed E-state index contributed by atoms with van der Waals surface area (Å²) < 4.78 is 14.0. The first-order valence-electron chi connectivity index (χ1n) is 4.25. The molecule has 1 heterocycles. The molecule has 1 N–H and O–H groups in total. The highest BCUT2D eigenvalue weighted by molar-refractivity contribution is 9.10. The van der Waals surface area contributed by atoms with E-state index >= 15 is 0 Å². The van der Waals surface area contributed by atoms with Crippen LogP contribution in [0.5, 0.6) is 0 Å². The summed E-state index contributed by atoms with van der Waals surface area (Å²) in [5, 5.41) is 2.78. The summed E-state index contributed by atoms with van der Waals surface area (Å²) in [6.07, 6.45) is 3.19. The minimum Gasteiger partial charge on any atom is -0.322 e. The number of aromatic nitrogens is 2. The van der Waals surface area contributed by atoms with Crippen LogP contribution in [0.25, 0.3) is 0 Å². The molecular formula is C10H7BrFN3. The van der Waals surface area contributed by atoms with Crippen LogP contribution in [-0.2, 0) is 0 Å². The molecule has 0 atom stereocenters. The molecule has 15 heavy (non-hydrogen) atoms. The van der Waals surface area contributed by atoms with Crippen molar-refractivity contribution >= 4 is 27.6 Å². The Morgan fingerprint density at radius 2 is 1.80 bits per heavy atom. The molecule has 0 spiro atoms. The summed E-state index contributed by atoms with van der Waals surface area (Å²) in [4.78, 5) is 7.96. The summed E-state index contributed by atoms with van der Waals surface area (Å²) in [7, 11) is 0. The fourth-order valence-corrected chi connectivity index (χ4v) is 1.26. The number of benzene rings is 1. The van der Waals surface area contributed by atoms with Gasteiger partial charge in [-0.25, -0.2) is 14.4 Å². The topological polar surface area (TPSA) is 37.8 Å². The van der Waals surface area contributed by atoms with Gasteiger partial charge in [0, 0.05) is 12.4 Å². The highest BCUT2D eigenvalue weighted by Crippen LogP contribution is 2.16. The molecule has 2 rings (SSSR count). The van der Waals surface area contributed by atoms with Gasteiger partial charge >= 0.3 is 0 Å². The molecule has 0 unspecified atom stereocenters. The average Bonchev–Trinajstić information content (AvgIpc) is 2.25. The van der Waals surface area contributed by atoms with E-state index in [1.165, 1.54) is 6.07 Å². The first-order valence-corrected chi connectivity index (χ1v) is 5.04. The van der Waals surface area contributed by atoms with Crippen LogP contribution >= 0.6 is 15.9 Å². The number of hydrogen-bond acceptors (Lipinski definition) is 3. The number of nitrogens with zero attached hydrogens (tertiary/aromatic N) is 2. The first kappa shape index (κ1) is 10.0. The zero-order valence-corrected chi connectivity index (χ0v) is 9.20. The van der Waals surface area contributed by atoms with Crippen molar-refractivity contribution in [1.82, 2.24) is 9.97 Å². The van der Waals surface area contributed by atoms with Crippen LogP contribution in [0, 0.1) is 5.82 Å². The van der Waals surface area contributed by atoms with Gasteiger partial charge in [-0.1, -0.05) is 12.1 Å². The van der Waals surface area contributed by atoms with Gasteiger partial charge in [-0.05, 0) is 28.1 Å². The molecule has 0 aliphatic rings. The lowest BCUT2D eigenvalue weighted by Crippen LogP contribution is -1.97. The SMILES string of the molecule is Fc1ccccc1Nc1ncc(Br)cn1. The second-order valence-corrected chi connectivity index (χ2v) is 3.75. The lowest BCUT2D eigenvalue weighted by Gasteiger charge is -2.04. The van der Waals surface area contributed by atoms with Crippen molar-refractivity contribution < 1.29 is 4.39 Å². The zero-order chi connectivity index (χ0) is 10.7. The molecule has 2 aromatic rings. The lowest BCUT2D eigenvalue weighted by atomic mass is 10.3. The molecule has 1 aromatic heterocycles. The van der Waals surface area contributed by atoms with E-state index in [-0.39, 0.29) is 5.82 Å². The number of anilines is 2. The molecule has 3 nitrogen and oxygen atoms in total. The van der Waals surface area contributed by atoms with Gasteiger partial charge in [-0.3, -0.25) is 0 Å². The fraction of sp³-hybridized carbons (Fsp3) is 0. The third kappa shape index (κ3) is 2.50. The Bertz CT molecular complexity index is 458. The van der Waals surface area contributed by atoms with E-state index in [0.29, 0.717) is 11.6 Å². The predicted molar refractivity (Wildman–Crippen MR) is 59.4 cm³/mol. The highest BCUT2D eigenvalue weighted by atomic mass is 79.9. The van der Waals surface area contributed by atoms with Crippen LogP contribution in [0.4, 0.5) is 16.0 Å². The maximum atomic E-state index is 13.2. The van der Waals surface area contributed by atoms with E-state index in [9.17, 15) is 4.39 Å². The van der Waals surface area contributed by atoms with Crippen molar-refractivity contribution in [2.75, 3.05) is 5.32 Å². The van der Waals surface area contributed by atoms with Crippen molar-refractivity contribution in [2.24, 2.45) is 0 Å². The molecule has 0 saturated heterocycles. The summed E-state index contributed by atoms with van der Waals surface area (Å²) in [6, 6.07) is 6.37. The highest BCUT2D eigenvalue weighted by Gasteiger charge is 2.01. The maximum Gasteiger partial charge on any atom is 0.227 e. The molecule has 0 aliphatic heterocycles. The molecule has 0 amide bonds. The van der Waals surface area contributed by atoms with Crippen LogP contribution < -0.4 is 5.32 Å². The molecule has 0 radical (unpaired) electrons. The normalized spacial score (nSPS) is 10.0. The van der Waals surface area contributed by atoms with Gasteiger partial charge in [-0.15, -0.1) is 0 Å². The predicted octanol–water partition coefficient (Wildman–Crippen LogP) is 3.12. The molecule has 76 valence electrons. The van der Waals surface area contributed by atoms with E-state index in [2.05, 4.69) is 31.2 Å². The minimum atomic E-state index is -0.330. The third-order valence-electron chi connectivity index (χ3n) is 1.74. The second-order valence-electron chi connectivity index (χ2n) is 2.83. The monoisotopic (exact) mass is 267 g/mol. The largest absolute Gasteiger partial charge is 0.322 e. The summed E-state index contributed by atoms with van der Waals surface area (Å²) >= 11 is 3.22. The van der Waals surface area contributed by atoms with E-state index in [1.807, 2.05) is 0 Å². The molecule has 0 saturated carbocycles. The number of nitrogens with one attached hydrogen (secondary N) is 1. The van der Waals surface area contributed by atoms with E-state index in [4.69, 9.17) is 0 Å². The number of rotatable bonds is 2. The van der Waals surface area contributed by atoms with Gasteiger partial charge < -0.3 is 5.32 Å². The molecule has 0 fully saturated rings. The summed E-state index contributed by atoms with van der Waals surface area (Å²) in [5.74, 6) is 0.0346. The second kappa shape index (κ2) is 4.35. The van der Waals surface area contributed by atoms with Crippen molar-refractivity contribution in [2.45, 2.75) is 0 Å². The number of para-hydroxylation sites is 1. The van der Waals surface area contributed by atoms with Crippen molar-refractivity contribution in [3.8, 4) is 0 Å². The van der Waals surface area contributed by atoms with Gasteiger partial charge in [0.2, 0.25) is 5.95 Å². The Morgan fingerprint density at radius 1 is 1.13 bits per heavy atom. The number of halogens is 2. The Hall–Kier alpha value is -1.49. The summed E-state index contributed by atoms with van der Waals surface area (Å²) in [5.41, 5.74) is 0.361. The molecule has 5 heteroatoms. The maximum absolute atomic E-state index is 13.2. The zero-order valence-electron chi connectivity index (χ0n) is 7.61. The fourth-order valence-electron chi connectivity index (χ4n) is 1.06. The molecular weight excluding hydrogens is 261 g/mol. The quantitative estimate of drug-likeness (QED) is 0.909. The first-order chi connectivity index (χ1) is 7.25. The van der Waals surface area contributed by atoms with Crippen LogP contribution in [-0.4, -0.2) is 9.97 Å². The van der Waals surface area contributed by atoms with E-state index in [1.54, 1.807) is 30.6 Å². The van der Waals surface area contributed by atoms with Crippen molar-refractivity contribution in [1.29, 1.82) is 0 Å². The smallest absolute Gasteiger partial charge is 0.227 e. The van der Waals surface area contributed by atoms with Crippen LogP contribution in [0.1, 0.15) is 0 Å². The Labute approximate surface area is 94.5 Å². The average molecular weight is 268 g/mol. The minimum absolute atomic E-state index is 0.330. The summed E-state index contributed by atoms with van der Waals surface area (Å²) in [6.45, 7) is 0. The Balaban J connectivity index is 2.22. The lowest BCUT2D eigenvalue weighted by molar-refractivity contribution is 0.631. The Kier molecular flexibility index (Phi) is 2.91. The third-order valence-corrected chi connectivity index (χ3v) is 2.15. The van der Waals surface area contributed by atoms with Crippen LogP contribution in [0.2, 0.25) is 0 Å². The number of hydrogen-bond donors (Lipinski definition) is 1. The van der Waals surface area contributed by atoms with Gasteiger partial charge in [0.05, 0.1) is 10.2 Å². The van der Waals surface area contributed by atoms with E-state index < -0.39 is 0 Å². The molecule has 0 aliphatic carbocycles. The van der Waals surface area contributed by atoms with Gasteiger partial charge in [0.1, 0.15) is 5.82 Å². The van der Waals surface area contributed by atoms with Crippen molar-refractivity contribution in [3.05, 3.63) is 46.9 Å². The van der Waals surface area contributed by atoms with Crippen LogP contribution in [0.15, 0.2) is 41.1 Å². The van der Waals surface area contributed by atoms with Gasteiger partial charge in [0.25, 0.3) is 0 Å². The van der Waals surface area contributed by atoms with Gasteiger partial charge in [0.15, 0.2) is 0 Å². The van der Waals surface area contributed by atoms with Crippen LogP contribution in [0.3, 0.4) is 0 Å². The Morgan fingerprint density at radius 3 is 2.47 bits per heavy atom. The van der Waals surface area contributed by atoms with E-state index in [0.717, 1.165) is 4.47 Å². The standard InChI is InChI=1S/C10H7BrFN3/c11-7-5-13-10(14-6-7)15-9-4-2-1-3-8(9)12/h1-6H,(H,13,14,15). The van der Waals surface area contributed by atoms with Gasteiger partial charge in [-0.2, -0.15) is 0 Å². The molecule has 0 bridgehead atoms. The van der Waals surface area contributed by atoms with Crippen molar-refractivity contribution in [3.63, 3.8) is 0 Å². The molecule has 1 aromatic carbocycles.